The van der Waals surface area contributed by atoms with Crippen molar-refractivity contribution in [2.45, 2.75) is 50.7 Å². The fourth-order valence-corrected chi connectivity index (χ4v) is 3.45. The lowest BCUT2D eigenvalue weighted by atomic mass is 9.99. The molecular formula is C15H20Cl2N2O. The molecule has 0 aliphatic carbocycles. The maximum absolute atomic E-state index is 12.3. The molecule has 0 saturated carbocycles. The van der Waals surface area contributed by atoms with E-state index in [9.17, 15) is 4.79 Å². The van der Waals surface area contributed by atoms with Crippen LogP contribution in [0.2, 0.25) is 5.02 Å². The second kappa shape index (κ2) is 6.33. The van der Waals surface area contributed by atoms with Crippen LogP contribution in [0.25, 0.3) is 0 Å². The van der Waals surface area contributed by atoms with E-state index < -0.39 is 0 Å². The monoisotopic (exact) mass is 314 g/mol. The van der Waals surface area contributed by atoms with Crippen LogP contribution >= 0.6 is 24.0 Å². The smallest absolute Gasteiger partial charge is 0.251 e. The number of hydrogen-bond acceptors (Lipinski definition) is 2. The average Bonchev–Trinajstić information content (AvgIpc) is 2.71. The van der Waals surface area contributed by atoms with Gasteiger partial charge in [0.1, 0.15) is 0 Å². The highest BCUT2D eigenvalue weighted by atomic mass is 35.5. The third-order valence-corrected chi connectivity index (χ3v) is 4.49. The minimum atomic E-state index is 0. The molecule has 3 rings (SSSR count). The van der Waals surface area contributed by atoms with Gasteiger partial charge in [0.05, 0.1) is 0 Å². The molecule has 20 heavy (non-hydrogen) atoms. The molecule has 2 fully saturated rings. The van der Waals surface area contributed by atoms with E-state index in [-0.39, 0.29) is 18.3 Å². The highest BCUT2D eigenvalue weighted by molar-refractivity contribution is 6.31. The highest BCUT2D eigenvalue weighted by Gasteiger charge is 2.34. The van der Waals surface area contributed by atoms with Gasteiger partial charge in [-0.15, -0.1) is 12.4 Å². The van der Waals surface area contributed by atoms with Crippen LogP contribution in [-0.2, 0) is 0 Å². The van der Waals surface area contributed by atoms with Crippen LogP contribution in [0, 0.1) is 6.92 Å². The Morgan fingerprint density at radius 3 is 2.60 bits per heavy atom. The molecule has 2 bridgehead atoms. The van der Waals surface area contributed by atoms with E-state index >= 15 is 0 Å². The van der Waals surface area contributed by atoms with Gasteiger partial charge in [0, 0.05) is 28.7 Å². The van der Waals surface area contributed by atoms with Gasteiger partial charge in [-0.1, -0.05) is 17.7 Å². The van der Waals surface area contributed by atoms with Gasteiger partial charge in [-0.25, -0.2) is 0 Å². The molecule has 3 nitrogen and oxygen atoms in total. The van der Waals surface area contributed by atoms with Gasteiger partial charge in [-0.2, -0.15) is 0 Å². The number of carbonyl (C=O) groups excluding carboxylic acids is 1. The van der Waals surface area contributed by atoms with Crippen molar-refractivity contribution < 1.29 is 4.79 Å². The molecule has 5 heteroatoms. The maximum Gasteiger partial charge on any atom is 0.251 e. The first kappa shape index (κ1) is 15.6. The Bertz CT molecular complexity index is 495. The number of halogens is 2. The predicted octanol–water partition coefficient (Wildman–Crippen LogP) is 3.08. The fourth-order valence-electron chi connectivity index (χ4n) is 3.28. The Balaban J connectivity index is 0.00000147. The summed E-state index contributed by atoms with van der Waals surface area (Å²) in [6.07, 6.45) is 4.57. The molecule has 2 heterocycles. The number of benzene rings is 1. The van der Waals surface area contributed by atoms with Gasteiger partial charge in [0.15, 0.2) is 0 Å². The SMILES string of the molecule is Cc1ccc(Cl)cc1C(=O)NC1CC2CCC(C1)N2.Cl. The Kier molecular flexibility index (Phi) is 4.95. The van der Waals surface area contributed by atoms with E-state index in [1.54, 1.807) is 6.07 Å². The summed E-state index contributed by atoms with van der Waals surface area (Å²) in [5.74, 6) is 0.00583. The summed E-state index contributed by atoms with van der Waals surface area (Å²) in [6, 6.07) is 6.93. The highest BCUT2D eigenvalue weighted by Crippen LogP contribution is 2.27. The lowest BCUT2D eigenvalue weighted by Crippen LogP contribution is -2.48. The van der Waals surface area contributed by atoms with Crippen molar-refractivity contribution in [2.75, 3.05) is 0 Å². The number of rotatable bonds is 2. The molecule has 2 N–H and O–H groups in total. The molecule has 1 aromatic rings. The standard InChI is InChI=1S/C15H19ClN2O.ClH/c1-9-2-3-10(16)6-14(9)15(19)18-13-7-11-4-5-12(8-13)17-11;/h2-3,6,11-13,17H,4-5,7-8H2,1H3,(H,18,19);1H. The number of piperidine rings is 1. The Hall–Kier alpha value is -0.770. The lowest BCUT2D eigenvalue weighted by molar-refractivity contribution is 0.0923. The minimum Gasteiger partial charge on any atom is -0.349 e. The lowest BCUT2D eigenvalue weighted by Gasteiger charge is -2.29. The van der Waals surface area contributed by atoms with Crippen LogP contribution in [0.5, 0.6) is 0 Å². The summed E-state index contributed by atoms with van der Waals surface area (Å²) in [5, 5.41) is 7.36. The zero-order valence-corrected chi connectivity index (χ0v) is 13.1. The minimum absolute atomic E-state index is 0. The number of nitrogens with one attached hydrogen (secondary N) is 2. The van der Waals surface area contributed by atoms with Crippen molar-refractivity contribution in [1.29, 1.82) is 0 Å². The summed E-state index contributed by atoms with van der Waals surface area (Å²) in [7, 11) is 0. The average molecular weight is 315 g/mol. The third kappa shape index (κ3) is 3.27. The van der Waals surface area contributed by atoms with Gasteiger partial charge in [-0.05, 0) is 50.3 Å². The van der Waals surface area contributed by atoms with Gasteiger partial charge >= 0.3 is 0 Å². The molecule has 2 aliphatic heterocycles. The van der Waals surface area contributed by atoms with E-state index in [0.29, 0.717) is 28.7 Å². The summed E-state index contributed by atoms with van der Waals surface area (Å²) in [6.45, 7) is 1.94. The molecule has 2 unspecified atom stereocenters. The zero-order valence-electron chi connectivity index (χ0n) is 11.5. The largest absolute Gasteiger partial charge is 0.349 e. The topological polar surface area (TPSA) is 41.1 Å². The molecule has 2 atom stereocenters. The number of aryl methyl sites for hydroxylation is 1. The van der Waals surface area contributed by atoms with Crippen molar-refractivity contribution >= 4 is 29.9 Å². The molecule has 2 saturated heterocycles. The second-order valence-electron chi connectivity index (χ2n) is 5.74. The molecule has 110 valence electrons. The van der Waals surface area contributed by atoms with Crippen LogP contribution in [0.15, 0.2) is 18.2 Å². The molecule has 1 amide bonds. The van der Waals surface area contributed by atoms with Crippen LogP contribution in [0.3, 0.4) is 0 Å². The molecule has 2 aliphatic rings. The molecular weight excluding hydrogens is 295 g/mol. The van der Waals surface area contributed by atoms with Crippen LogP contribution in [0.1, 0.15) is 41.6 Å². The van der Waals surface area contributed by atoms with Crippen LogP contribution in [-0.4, -0.2) is 24.0 Å². The number of carbonyl (C=O) groups is 1. The van der Waals surface area contributed by atoms with Gasteiger partial charge in [0.25, 0.3) is 5.91 Å². The number of hydrogen-bond donors (Lipinski definition) is 2. The fraction of sp³-hybridized carbons (Fsp3) is 0.533. The second-order valence-corrected chi connectivity index (χ2v) is 6.18. The van der Waals surface area contributed by atoms with Gasteiger partial charge in [-0.3, -0.25) is 4.79 Å². The van der Waals surface area contributed by atoms with Crippen molar-refractivity contribution in [3.8, 4) is 0 Å². The van der Waals surface area contributed by atoms with E-state index in [4.69, 9.17) is 11.6 Å². The summed E-state index contributed by atoms with van der Waals surface area (Å²) in [5.41, 5.74) is 1.66. The van der Waals surface area contributed by atoms with Crippen molar-refractivity contribution in [2.24, 2.45) is 0 Å². The Morgan fingerprint density at radius 1 is 1.30 bits per heavy atom. The van der Waals surface area contributed by atoms with Gasteiger partial charge in [0.2, 0.25) is 0 Å². The van der Waals surface area contributed by atoms with E-state index in [1.807, 2.05) is 19.1 Å². The maximum atomic E-state index is 12.3. The zero-order chi connectivity index (χ0) is 13.4. The third-order valence-electron chi connectivity index (χ3n) is 4.25. The van der Waals surface area contributed by atoms with Crippen molar-refractivity contribution in [3.63, 3.8) is 0 Å². The normalized spacial score (nSPS) is 27.8. The quantitative estimate of drug-likeness (QED) is 0.880. The summed E-state index contributed by atoms with van der Waals surface area (Å²) in [4.78, 5) is 12.3. The summed E-state index contributed by atoms with van der Waals surface area (Å²) < 4.78 is 0. The summed E-state index contributed by atoms with van der Waals surface area (Å²) >= 11 is 5.97. The van der Waals surface area contributed by atoms with Crippen molar-refractivity contribution in [1.82, 2.24) is 10.6 Å². The first-order valence-corrected chi connectivity index (χ1v) is 7.32. The molecule has 0 aromatic heterocycles. The van der Waals surface area contributed by atoms with E-state index in [0.717, 1.165) is 18.4 Å². The predicted molar refractivity (Wildman–Crippen MR) is 83.9 cm³/mol. The van der Waals surface area contributed by atoms with E-state index in [1.165, 1.54) is 12.8 Å². The first-order chi connectivity index (χ1) is 9.11. The molecule has 0 spiro atoms. The van der Waals surface area contributed by atoms with Gasteiger partial charge < -0.3 is 10.6 Å². The number of fused-ring (bicyclic) bond motifs is 2. The van der Waals surface area contributed by atoms with Crippen LogP contribution in [0.4, 0.5) is 0 Å². The Labute approximate surface area is 130 Å². The molecule has 1 aromatic carbocycles. The Morgan fingerprint density at radius 2 is 1.95 bits per heavy atom. The van der Waals surface area contributed by atoms with Crippen molar-refractivity contribution in [3.05, 3.63) is 34.3 Å². The molecule has 0 radical (unpaired) electrons. The van der Waals surface area contributed by atoms with Crippen LogP contribution < -0.4 is 10.6 Å². The first-order valence-electron chi connectivity index (χ1n) is 6.95. The number of amides is 1. The van der Waals surface area contributed by atoms with E-state index in [2.05, 4.69) is 10.6 Å².